The molecule has 0 radical (unpaired) electrons. The van der Waals surface area contributed by atoms with Gasteiger partial charge in [0.15, 0.2) is 5.96 Å². The van der Waals surface area contributed by atoms with Crippen LogP contribution >= 0.6 is 35.6 Å². The normalized spacial score (nSPS) is 10.6. The number of nitrogens with one attached hydrogen (secondary N) is 2. The molecule has 0 spiro atoms. The van der Waals surface area contributed by atoms with Crippen molar-refractivity contribution in [3.63, 3.8) is 0 Å². The molecule has 4 nitrogen and oxygen atoms in total. The van der Waals surface area contributed by atoms with Gasteiger partial charge in [0.25, 0.3) is 0 Å². The molecule has 1 rings (SSSR count). The van der Waals surface area contributed by atoms with E-state index in [1.54, 1.807) is 20.2 Å². The maximum absolute atomic E-state index is 5.92. The van der Waals surface area contributed by atoms with Gasteiger partial charge >= 0.3 is 0 Å². The first-order valence-corrected chi connectivity index (χ1v) is 6.36. The van der Waals surface area contributed by atoms with Gasteiger partial charge in [-0.25, -0.2) is 0 Å². The molecule has 0 atom stereocenters. The van der Waals surface area contributed by atoms with Gasteiger partial charge in [0.1, 0.15) is 5.75 Å². The van der Waals surface area contributed by atoms with Crippen molar-refractivity contribution in [1.82, 2.24) is 10.6 Å². The fourth-order valence-electron chi connectivity index (χ4n) is 1.51. The van der Waals surface area contributed by atoms with Crippen LogP contribution < -0.4 is 15.4 Å². The Morgan fingerprint density at radius 1 is 1.37 bits per heavy atom. The summed E-state index contributed by atoms with van der Waals surface area (Å²) in [5.74, 6) is 1.56. The number of methoxy groups -OCH3 is 1. The van der Waals surface area contributed by atoms with Crippen molar-refractivity contribution in [2.24, 2.45) is 4.99 Å². The first kappa shape index (κ1) is 18.3. The maximum Gasteiger partial charge on any atom is 0.191 e. The summed E-state index contributed by atoms with van der Waals surface area (Å²) in [5.41, 5.74) is 1.04. The molecule has 0 aliphatic heterocycles. The third-order valence-corrected chi connectivity index (χ3v) is 2.70. The van der Waals surface area contributed by atoms with Crippen LogP contribution in [-0.4, -0.2) is 26.7 Å². The Balaban J connectivity index is 0.00000324. The van der Waals surface area contributed by atoms with Crippen LogP contribution in [0.1, 0.15) is 18.9 Å². The molecular formula is C13H21ClIN3O. The van der Waals surface area contributed by atoms with Crippen LogP contribution in [0.25, 0.3) is 0 Å². The van der Waals surface area contributed by atoms with Gasteiger partial charge in [0, 0.05) is 30.7 Å². The molecule has 0 heterocycles. The number of nitrogens with zero attached hydrogens (tertiary/aromatic N) is 1. The molecular weight excluding hydrogens is 377 g/mol. The third-order valence-electron chi connectivity index (χ3n) is 2.46. The van der Waals surface area contributed by atoms with Crippen LogP contribution in [0.15, 0.2) is 23.2 Å². The zero-order chi connectivity index (χ0) is 13.4. The molecule has 108 valence electrons. The van der Waals surface area contributed by atoms with Crippen molar-refractivity contribution >= 4 is 41.5 Å². The zero-order valence-corrected chi connectivity index (χ0v) is 14.6. The van der Waals surface area contributed by atoms with E-state index < -0.39 is 0 Å². The first-order valence-electron chi connectivity index (χ1n) is 5.98. The highest BCUT2D eigenvalue weighted by Gasteiger charge is 2.04. The lowest BCUT2D eigenvalue weighted by Crippen LogP contribution is -2.37. The van der Waals surface area contributed by atoms with Gasteiger partial charge in [-0.1, -0.05) is 24.6 Å². The highest BCUT2D eigenvalue weighted by atomic mass is 127. The fourth-order valence-corrected chi connectivity index (χ4v) is 1.67. The zero-order valence-electron chi connectivity index (χ0n) is 11.5. The van der Waals surface area contributed by atoms with Crippen LogP contribution in [-0.2, 0) is 6.54 Å². The van der Waals surface area contributed by atoms with E-state index in [2.05, 4.69) is 22.5 Å². The van der Waals surface area contributed by atoms with Crippen molar-refractivity contribution in [3.05, 3.63) is 28.8 Å². The smallest absolute Gasteiger partial charge is 0.191 e. The summed E-state index contributed by atoms with van der Waals surface area (Å²) < 4.78 is 5.29. The van der Waals surface area contributed by atoms with Gasteiger partial charge < -0.3 is 15.4 Å². The SMILES string of the molecule is CCCNC(=NC)NCc1ccc(Cl)cc1OC.I. The van der Waals surface area contributed by atoms with Crippen LogP contribution in [0.3, 0.4) is 0 Å². The number of ether oxygens (including phenoxy) is 1. The predicted octanol–water partition coefficient (Wildman–Crippen LogP) is 3.04. The Kier molecular flexibility index (Phi) is 9.77. The van der Waals surface area contributed by atoms with Gasteiger partial charge in [0.2, 0.25) is 0 Å². The second-order valence-corrected chi connectivity index (χ2v) is 4.25. The summed E-state index contributed by atoms with van der Waals surface area (Å²) in [4.78, 5) is 4.14. The molecule has 0 saturated carbocycles. The van der Waals surface area contributed by atoms with Gasteiger partial charge in [-0.15, -0.1) is 24.0 Å². The van der Waals surface area contributed by atoms with Gasteiger partial charge in [-0.3, -0.25) is 4.99 Å². The second kappa shape index (κ2) is 10.1. The van der Waals surface area contributed by atoms with Crippen LogP contribution in [0.4, 0.5) is 0 Å². The number of rotatable bonds is 5. The summed E-state index contributed by atoms with van der Waals surface area (Å²) in [5, 5.41) is 7.11. The lowest BCUT2D eigenvalue weighted by molar-refractivity contribution is 0.409. The van der Waals surface area contributed by atoms with Gasteiger partial charge in [0.05, 0.1) is 7.11 Å². The number of hydrogen-bond donors (Lipinski definition) is 2. The molecule has 0 aliphatic carbocycles. The Hall–Kier alpha value is -0.690. The summed E-state index contributed by atoms with van der Waals surface area (Å²) >= 11 is 5.92. The minimum Gasteiger partial charge on any atom is -0.496 e. The van der Waals surface area contributed by atoms with Crippen molar-refractivity contribution in [1.29, 1.82) is 0 Å². The topological polar surface area (TPSA) is 45.7 Å². The predicted molar refractivity (Wildman–Crippen MR) is 91.9 cm³/mol. The monoisotopic (exact) mass is 397 g/mol. The van der Waals surface area contributed by atoms with Crippen molar-refractivity contribution in [2.45, 2.75) is 19.9 Å². The third kappa shape index (κ3) is 6.33. The lowest BCUT2D eigenvalue weighted by atomic mass is 10.2. The van der Waals surface area contributed by atoms with Crippen LogP contribution in [0.2, 0.25) is 5.02 Å². The molecule has 0 unspecified atom stereocenters. The molecule has 0 saturated heterocycles. The van der Waals surface area contributed by atoms with Gasteiger partial charge in [-0.05, 0) is 18.6 Å². The van der Waals surface area contributed by atoms with Crippen LogP contribution in [0, 0.1) is 0 Å². The Morgan fingerprint density at radius 2 is 2.11 bits per heavy atom. The van der Waals surface area contributed by atoms with E-state index in [1.807, 2.05) is 12.1 Å². The summed E-state index contributed by atoms with van der Waals surface area (Å²) in [7, 11) is 3.39. The quantitative estimate of drug-likeness (QED) is 0.456. The average Bonchev–Trinajstić information content (AvgIpc) is 2.40. The Morgan fingerprint density at radius 3 is 2.68 bits per heavy atom. The van der Waals surface area contributed by atoms with E-state index in [1.165, 1.54) is 0 Å². The maximum atomic E-state index is 5.92. The molecule has 0 aromatic heterocycles. The summed E-state index contributed by atoms with van der Waals surface area (Å²) in [6, 6.07) is 5.60. The molecule has 19 heavy (non-hydrogen) atoms. The van der Waals surface area contributed by atoms with Crippen molar-refractivity contribution in [2.75, 3.05) is 20.7 Å². The van der Waals surface area contributed by atoms with E-state index in [9.17, 15) is 0 Å². The number of guanidine groups is 1. The molecule has 0 amide bonds. The van der Waals surface area contributed by atoms with Crippen molar-refractivity contribution < 1.29 is 4.74 Å². The van der Waals surface area contributed by atoms with E-state index in [4.69, 9.17) is 16.3 Å². The van der Waals surface area contributed by atoms with E-state index in [-0.39, 0.29) is 24.0 Å². The van der Waals surface area contributed by atoms with E-state index >= 15 is 0 Å². The number of halogens is 2. The number of hydrogen-bond acceptors (Lipinski definition) is 2. The van der Waals surface area contributed by atoms with Gasteiger partial charge in [-0.2, -0.15) is 0 Å². The Labute approximate surface area is 137 Å². The Bertz CT molecular complexity index is 413. The van der Waals surface area contributed by atoms with Crippen molar-refractivity contribution in [3.8, 4) is 5.75 Å². The molecule has 2 N–H and O–H groups in total. The summed E-state index contributed by atoms with van der Waals surface area (Å²) in [6.45, 7) is 3.66. The number of benzene rings is 1. The lowest BCUT2D eigenvalue weighted by Gasteiger charge is -2.13. The number of aliphatic imine (C=N–C) groups is 1. The minimum absolute atomic E-state index is 0. The second-order valence-electron chi connectivity index (χ2n) is 3.81. The molecule has 1 aromatic carbocycles. The average molecular weight is 398 g/mol. The molecule has 0 bridgehead atoms. The standard InChI is InChI=1S/C13H20ClN3O.HI/c1-4-7-16-13(15-2)17-9-10-5-6-11(14)8-12(10)18-3;/h5-6,8H,4,7,9H2,1-3H3,(H2,15,16,17);1H. The summed E-state index contributed by atoms with van der Waals surface area (Å²) in [6.07, 6.45) is 1.06. The van der Waals surface area contributed by atoms with E-state index in [0.717, 1.165) is 30.2 Å². The molecule has 1 aromatic rings. The van der Waals surface area contributed by atoms with E-state index in [0.29, 0.717) is 11.6 Å². The minimum atomic E-state index is 0. The van der Waals surface area contributed by atoms with Crippen LogP contribution in [0.5, 0.6) is 5.75 Å². The molecule has 0 aliphatic rings. The first-order chi connectivity index (χ1) is 8.71. The fraction of sp³-hybridized carbons (Fsp3) is 0.462. The molecule has 0 fully saturated rings. The highest BCUT2D eigenvalue weighted by molar-refractivity contribution is 14.0. The largest absolute Gasteiger partial charge is 0.496 e. The molecule has 6 heteroatoms. The highest BCUT2D eigenvalue weighted by Crippen LogP contribution is 2.22.